The van der Waals surface area contributed by atoms with Gasteiger partial charge in [0.2, 0.25) is 0 Å². The van der Waals surface area contributed by atoms with Crippen molar-refractivity contribution >= 4 is 35.1 Å². The highest BCUT2D eigenvalue weighted by atomic mass is 35.5. The molecule has 3 aromatic carbocycles. The van der Waals surface area contributed by atoms with Crippen LogP contribution in [-0.4, -0.2) is 16.8 Å². The molecule has 31 heavy (non-hydrogen) atoms. The van der Waals surface area contributed by atoms with Crippen molar-refractivity contribution in [2.45, 2.75) is 25.5 Å². The average Bonchev–Trinajstić information content (AvgIpc) is 2.96. The molecule has 3 aromatic rings. The Bertz CT molecular complexity index is 1170. The van der Waals surface area contributed by atoms with Gasteiger partial charge in [-0.3, -0.25) is 9.59 Å². The van der Waals surface area contributed by atoms with E-state index in [1.54, 1.807) is 24.3 Å². The molecule has 0 fully saturated rings. The summed E-state index contributed by atoms with van der Waals surface area (Å²) in [5.41, 5.74) is 1.85. The number of rotatable bonds is 6. The summed E-state index contributed by atoms with van der Waals surface area (Å²) < 4.78 is 0. The van der Waals surface area contributed by atoms with Crippen LogP contribution in [0.2, 0.25) is 5.02 Å². The first kappa shape index (κ1) is 21.0. The van der Waals surface area contributed by atoms with Crippen LogP contribution in [0.25, 0.3) is 6.08 Å². The van der Waals surface area contributed by atoms with Gasteiger partial charge in [-0.2, -0.15) is 0 Å². The van der Waals surface area contributed by atoms with Crippen molar-refractivity contribution in [3.05, 3.63) is 106 Å². The third-order valence-corrected chi connectivity index (χ3v) is 5.81. The molecule has 0 radical (unpaired) electrons. The van der Waals surface area contributed by atoms with Crippen molar-refractivity contribution in [2.75, 3.05) is 4.90 Å². The van der Waals surface area contributed by atoms with E-state index in [0.29, 0.717) is 22.8 Å². The normalized spacial score (nSPS) is 17.9. The van der Waals surface area contributed by atoms with Crippen molar-refractivity contribution in [2.24, 2.45) is 0 Å². The third kappa shape index (κ3) is 4.18. The Hall–Kier alpha value is -3.21. The molecule has 1 atom stereocenters. The molecule has 0 saturated heterocycles. The lowest BCUT2D eigenvalue weighted by Crippen LogP contribution is -2.41. The van der Waals surface area contributed by atoms with Crippen LogP contribution in [0.4, 0.5) is 5.69 Å². The first-order chi connectivity index (χ1) is 14.9. The van der Waals surface area contributed by atoms with E-state index in [9.17, 15) is 14.7 Å². The number of fused-ring (bicyclic) bond motifs is 1. The van der Waals surface area contributed by atoms with E-state index in [-0.39, 0.29) is 12.2 Å². The van der Waals surface area contributed by atoms with Crippen LogP contribution in [-0.2, 0) is 21.7 Å². The minimum Gasteiger partial charge on any atom is -0.375 e. The molecular weight excluding hydrogens is 410 g/mol. The van der Waals surface area contributed by atoms with Gasteiger partial charge in [-0.05, 0) is 47.9 Å². The number of hydrogen-bond acceptors (Lipinski definition) is 3. The quantitative estimate of drug-likeness (QED) is 0.555. The predicted octanol–water partition coefficient (Wildman–Crippen LogP) is 5.06. The maximum Gasteiger partial charge on any atom is 0.264 e. The van der Waals surface area contributed by atoms with Gasteiger partial charge in [0.25, 0.3) is 5.91 Å². The van der Waals surface area contributed by atoms with E-state index in [0.717, 1.165) is 16.7 Å². The van der Waals surface area contributed by atoms with Crippen molar-refractivity contribution in [3.8, 4) is 0 Å². The van der Waals surface area contributed by atoms with E-state index in [1.165, 1.54) is 11.0 Å². The number of aliphatic hydroxyl groups is 1. The van der Waals surface area contributed by atoms with Gasteiger partial charge in [-0.15, -0.1) is 0 Å². The van der Waals surface area contributed by atoms with Gasteiger partial charge in [0.05, 0.1) is 18.7 Å². The van der Waals surface area contributed by atoms with Gasteiger partial charge >= 0.3 is 0 Å². The Morgan fingerprint density at radius 3 is 2.52 bits per heavy atom. The second-order valence-corrected chi connectivity index (χ2v) is 8.16. The number of hydrogen-bond donors (Lipinski definition) is 1. The lowest BCUT2D eigenvalue weighted by atomic mass is 9.89. The van der Waals surface area contributed by atoms with Gasteiger partial charge in [0.15, 0.2) is 11.4 Å². The molecule has 0 saturated carbocycles. The van der Waals surface area contributed by atoms with E-state index in [4.69, 9.17) is 11.6 Å². The molecule has 0 aromatic heterocycles. The number of benzene rings is 3. The van der Waals surface area contributed by atoms with Crippen molar-refractivity contribution < 1.29 is 14.7 Å². The lowest BCUT2D eigenvalue weighted by Gasteiger charge is -2.23. The standard InChI is InChI=1S/C26H22ClNO3/c1-18-7-5-6-10-20(18)17-28-24-14-12-21(27)15-23(24)26(31,25(28)30)16-22(29)13-11-19-8-3-2-4-9-19/h2-15,31H,16-17H2,1H3/b13-11+. The van der Waals surface area contributed by atoms with Crippen molar-refractivity contribution in [3.63, 3.8) is 0 Å². The molecule has 1 amide bonds. The number of anilines is 1. The van der Waals surface area contributed by atoms with E-state index in [2.05, 4.69) is 0 Å². The minimum atomic E-state index is -1.96. The summed E-state index contributed by atoms with van der Waals surface area (Å²) in [4.78, 5) is 27.6. The Kier molecular flexibility index (Phi) is 5.77. The summed E-state index contributed by atoms with van der Waals surface area (Å²) in [6.45, 7) is 2.28. The van der Waals surface area contributed by atoms with E-state index < -0.39 is 11.5 Å². The molecule has 1 aliphatic heterocycles. The molecule has 1 N–H and O–H groups in total. The molecule has 1 heterocycles. The summed E-state index contributed by atoms with van der Waals surface area (Å²) in [7, 11) is 0. The summed E-state index contributed by atoms with van der Waals surface area (Å²) in [5, 5.41) is 11.8. The lowest BCUT2D eigenvalue weighted by molar-refractivity contribution is -0.140. The number of halogens is 1. The maximum absolute atomic E-state index is 13.4. The highest BCUT2D eigenvalue weighted by Gasteiger charge is 2.50. The first-order valence-corrected chi connectivity index (χ1v) is 10.4. The van der Waals surface area contributed by atoms with Gasteiger partial charge in [-0.25, -0.2) is 0 Å². The van der Waals surface area contributed by atoms with Crippen LogP contribution in [0.5, 0.6) is 0 Å². The number of carbonyl (C=O) groups excluding carboxylic acids is 2. The molecular formula is C26H22ClNO3. The van der Waals surface area contributed by atoms with Crippen LogP contribution in [0.15, 0.2) is 78.9 Å². The molecule has 0 bridgehead atoms. The number of aryl methyl sites for hydroxylation is 1. The molecule has 0 spiro atoms. The van der Waals surface area contributed by atoms with Crippen LogP contribution >= 0.6 is 11.6 Å². The number of nitrogens with zero attached hydrogens (tertiary/aromatic N) is 1. The fourth-order valence-electron chi connectivity index (χ4n) is 3.87. The monoisotopic (exact) mass is 431 g/mol. The molecule has 1 aliphatic rings. The number of allylic oxidation sites excluding steroid dienone is 1. The Labute approximate surface area is 186 Å². The number of amides is 1. The number of ketones is 1. The fourth-order valence-corrected chi connectivity index (χ4v) is 4.04. The first-order valence-electron chi connectivity index (χ1n) is 10.0. The smallest absolute Gasteiger partial charge is 0.264 e. The summed E-state index contributed by atoms with van der Waals surface area (Å²) in [6.07, 6.45) is 2.72. The Morgan fingerprint density at radius 1 is 1.06 bits per heavy atom. The zero-order valence-electron chi connectivity index (χ0n) is 17.1. The van der Waals surface area contributed by atoms with Gasteiger partial charge < -0.3 is 10.0 Å². The zero-order chi connectivity index (χ0) is 22.0. The molecule has 156 valence electrons. The minimum absolute atomic E-state index is 0.302. The summed E-state index contributed by atoms with van der Waals surface area (Å²) in [6, 6.07) is 22.1. The van der Waals surface area contributed by atoms with Gasteiger partial charge in [0, 0.05) is 10.6 Å². The topological polar surface area (TPSA) is 57.6 Å². The third-order valence-electron chi connectivity index (χ3n) is 5.57. The molecule has 4 rings (SSSR count). The Balaban J connectivity index is 1.65. The van der Waals surface area contributed by atoms with Gasteiger partial charge in [0.1, 0.15) is 0 Å². The largest absolute Gasteiger partial charge is 0.375 e. The zero-order valence-corrected chi connectivity index (χ0v) is 17.8. The average molecular weight is 432 g/mol. The van der Waals surface area contributed by atoms with E-state index >= 15 is 0 Å². The highest BCUT2D eigenvalue weighted by Crippen LogP contribution is 2.44. The van der Waals surface area contributed by atoms with E-state index in [1.807, 2.05) is 61.5 Å². The van der Waals surface area contributed by atoms with Crippen LogP contribution < -0.4 is 4.90 Å². The second kappa shape index (κ2) is 8.50. The summed E-state index contributed by atoms with van der Waals surface area (Å²) in [5.74, 6) is -0.863. The van der Waals surface area contributed by atoms with Crippen molar-refractivity contribution in [1.29, 1.82) is 0 Å². The van der Waals surface area contributed by atoms with Crippen molar-refractivity contribution in [1.82, 2.24) is 0 Å². The molecule has 4 nitrogen and oxygen atoms in total. The second-order valence-electron chi connectivity index (χ2n) is 7.73. The predicted molar refractivity (Wildman–Crippen MR) is 123 cm³/mol. The molecule has 5 heteroatoms. The highest BCUT2D eigenvalue weighted by molar-refractivity contribution is 6.31. The van der Waals surface area contributed by atoms with Crippen LogP contribution in [0.1, 0.15) is 28.7 Å². The molecule has 0 aliphatic carbocycles. The van der Waals surface area contributed by atoms with Gasteiger partial charge in [-0.1, -0.05) is 72.3 Å². The van der Waals surface area contributed by atoms with Crippen LogP contribution in [0, 0.1) is 6.92 Å². The number of carbonyl (C=O) groups is 2. The molecule has 1 unspecified atom stereocenters. The fraction of sp³-hybridized carbons (Fsp3) is 0.154. The Morgan fingerprint density at radius 2 is 1.77 bits per heavy atom. The van der Waals surface area contributed by atoms with Crippen LogP contribution in [0.3, 0.4) is 0 Å². The summed E-state index contributed by atoms with van der Waals surface area (Å²) >= 11 is 6.17. The SMILES string of the molecule is Cc1ccccc1CN1C(=O)C(O)(CC(=O)/C=C/c2ccccc2)c2cc(Cl)ccc21. The maximum atomic E-state index is 13.4.